The Kier molecular flexibility index (Phi) is 7.43. The lowest BCUT2D eigenvalue weighted by molar-refractivity contribution is -0.123. The number of benzene rings is 2. The van der Waals surface area contributed by atoms with Crippen molar-refractivity contribution in [1.29, 1.82) is 5.26 Å². The van der Waals surface area contributed by atoms with Crippen LogP contribution in [-0.2, 0) is 26.5 Å². The van der Waals surface area contributed by atoms with Gasteiger partial charge in [-0.1, -0.05) is 24.3 Å². The molecule has 2 aromatic rings. The number of fused-ring (bicyclic) bond motifs is 4. The number of carbonyl (C=O) groups excluding carboxylic acids is 1. The van der Waals surface area contributed by atoms with Gasteiger partial charge in [0.05, 0.1) is 43.6 Å². The Labute approximate surface area is 229 Å². The highest BCUT2D eigenvalue weighted by Crippen LogP contribution is 2.46. The maximum atomic E-state index is 14.0. The molecule has 5 aliphatic rings. The summed E-state index contributed by atoms with van der Waals surface area (Å²) in [6.45, 7) is 6.44. The fourth-order valence-corrected chi connectivity index (χ4v) is 6.86. The number of nitriles is 1. The van der Waals surface area contributed by atoms with E-state index in [1.54, 1.807) is 13.0 Å². The van der Waals surface area contributed by atoms with Gasteiger partial charge in [0, 0.05) is 19.1 Å². The summed E-state index contributed by atoms with van der Waals surface area (Å²) in [5.74, 6) is 0.349. The first-order valence-electron chi connectivity index (χ1n) is 14.2. The number of aryl methyl sites for hydroxylation is 1. The summed E-state index contributed by atoms with van der Waals surface area (Å²) in [5.41, 5.74) is 5.10. The third kappa shape index (κ3) is 5.21. The lowest BCUT2D eigenvalue weighted by Crippen LogP contribution is -2.54. The van der Waals surface area contributed by atoms with Crippen molar-refractivity contribution < 1.29 is 18.7 Å². The van der Waals surface area contributed by atoms with Gasteiger partial charge in [-0.05, 0) is 84.9 Å². The third-order valence-corrected chi connectivity index (χ3v) is 9.34. The van der Waals surface area contributed by atoms with Crippen molar-refractivity contribution in [3.05, 3.63) is 58.9 Å². The largest absolute Gasteiger partial charge is 0.378 e. The molecular weight excluding hydrogens is 495 g/mol. The number of halogens is 1. The van der Waals surface area contributed by atoms with Gasteiger partial charge in [-0.15, -0.1) is 0 Å². The highest BCUT2D eigenvalue weighted by atomic mass is 19.1. The summed E-state index contributed by atoms with van der Waals surface area (Å²) in [4.78, 5) is 14.0. The number of likely N-dealkylation sites (tertiary alicyclic amines) is 1. The zero-order chi connectivity index (χ0) is 27.0. The first-order chi connectivity index (χ1) is 19.0. The number of hydrogen-bond donors (Lipinski definition) is 2. The molecule has 39 heavy (non-hydrogen) atoms. The lowest BCUT2D eigenvalue weighted by atomic mass is 9.82. The molecule has 0 radical (unpaired) electrons. The molecule has 4 aliphatic heterocycles. The van der Waals surface area contributed by atoms with Gasteiger partial charge in [-0.3, -0.25) is 9.69 Å². The Hall–Kier alpha value is -2.83. The Morgan fingerprint density at radius 1 is 1.18 bits per heavy atom. The molecule has 8 heteroatoms. The van der Waals surface area contributed by atoms with Gasteiger partial charge < -0.3 is 20.1 Å². The van der Waals surface area contributed by atoms with Crippen molar-refractivity contribution in [1.82, 2.24) is 15.5 Å². The van der Waals surface area contributed by atoms with Crippen molar-refractivity contribution in [2.45, 2.75) is 69.4 Å². The molecule has 2 N–H and O–H groups in total. The van der Waals surface area contributed by atoms with Crippen molar-refractivity contribution in [2.75, 3.05) is 32.8 Å². The van der Waals surface area contributed by atoms with Crippen LogP contribution in [0.4, 0.5) is 4.39 Å². The maximum absolute atomic E-state index is 14.0. The van der Waals surface area contributed by atoms with Gasteiger partial charge in [0.25, 0.3) is 0 Å². The second-order valence-electron chi connectivity index (χ2n) is 11.6. The average molecular weight is 533 g/mol. The van der Waals surface area contributed by atoms with E-state index in [9.17, 15) is 9.18 Å². The highest BCUT2D eigenvalue weighted by Gasteiger charge is 2.44. The van der Waals surface area contributed by atoms with E-state index in [1.807, 2.05) is 18.2 Å². The number of piperidine rings is 2. The van der Waals surface area contributed by atoms with Gasteiger partial charge in [0.1, 0.15) is 12.4 Å². The number of hydrogen-bond acceptors (Lipinski definition) is 6. The average Bonchev–Trinajstić information content (AvgIpc) is 3.65. The molecule has 1 spiro atoms. The van der Waals surface area contributed by atoms with Crippen LogP contribution in [0.25, 0.3) is 11.1 Å². The van der Waals surface area contributed by atoms with Crippen LogP contribution in [0.1, 0.15) is 48.8 Å². The van der Waals surface area contributed by atoms with Crippen LogP contribution in [0.2, 0.25) is 0 Å². The van der Waals surface area contributed by atoms with E-state index in [0.29, 0.717) is 30.2 Å². The molecule has 0 aromatic heterocycles. The topological polar surface area (TPSA) is 86.6 Å². The SMILES string of the molecule is Cc1ccc(-c2ccc3c(c2)C2(CCN(C4COC4)CC2)OC3)cc1F.N#CCNC(=O)C1NC2CCC1C2. The number of ether oxygens (including phenoxy) is 2. The Morgan fingerprint density at radius 2 is 1.95 bits per heavy atom. The second kappa shape index (κ2) is 11.0. The molecule has 1 saturated carbocycles. The van der Waals surface area contributed by atoms with Gasteiger partial charge in [0.2, 0.25) is 5.91 Å². The van der Waals surface area contributed by atoms with Crippen molar-refractivity contribution in [3.63, 3.8) is 0 Å². The summed E-state index contributed by atoms with van der Waals surface area (Å²) in [7, 11) is 0. The monoisotopic (exact) mass is 532 g/mol. The predicted octanol–water partition coefficient (Wildman–Crippen LogP) is 3.79. The molecule has 4 heterocycles. The molecule has 206 valence electrons. The molecule has 2 aromatic carbocycles. The van der Waals surface area contributed by atoms with E-state index in [1.165, 1.54) is 17.5 Å². The van der Waals surface area contributed by atoms with Crippen LogP contribution in [0, 0.1) is 30.0 Å². The van der Waals surface area contributed by atoms with Crippen molar-refractivity contribution in [2.24, 2.45) is 5.92 Å². The molecule has 3 atom stereocenters. The van der Waals surface area contributed by atoms with E-state index in [0.717, 1.165) is 63.1 Å². The highest BCUT2D eigenvalue weighted by molar-refractivity contribution is 5.82. The lowest BCUT2D eigenvalue weighted by Gasteiger charge is -2.45. The standard InChI is InChI=1S/C22H24FNO2.C9H13N3O/c1-15-2-3-17(11-21(15)23)16-4-5-18-12-26-22(20(18)10-16)6-8-24(9-7-22)19-13-25-14-19;10-3-4-11-9(13)8-6-1-2-7(5-6)12-8/h2-5,10-11,19H,6-9,12-14H2,1H3;6-8,12H,1-2,4-5H2,(H,11,13). The number of amides is 1. The zero-order valence-electron chi connectivity index (χ0n) is 22.5. The summed E-state index contributed by atoms with van der Waals surface area (Å²) < 4.78 is 25.7. The molecule has 1 aliphatic carbocycles. The first kappa shape index (κ1) is 26.4. The molecule has 4 fully saturated rings. The summed E-state index contributed by atoms with van der Waals surface area (Å²) in [6, 6.07) is 15.0. The van der Waals surface area contributed by atoms with E-state index in [4.69, 9.17) is 14.7 Å². The fraction of sp³-hybridized carbons (Fsp3) is 0.548. The third-order valence-electron chi connectivity index (χ3n) is 9.34. The van der Waals surface area contributed by atoms with E-state index < -0.39 is 0 Å². The molecule has 3 saturated heterocycles. The van der Waals surface area contributed by atoms with Crippen molar-refractivity contribution >= 4 is 5.91 Å². The molecule has 2 bridgehead atoms. The normalized spacial score (nSPS) is 26.8. The number of nitrogens with zero attached hydrogens (tertiary/aromatic N) is 2. The number of rotatable bonds is 4. The maximum Gasteiger partial charge on any atom is 0.238 e. The fourth-order valence-electron chi connectivity index (χ4n) is 6.86. The van der Waals surface area contributed by atoms with Crippen LogP contribution >= 0.6 is 0 Å². The van der Waals surface area contributed by atoms with Gasteiger partial charge >= 0.3 is 0 Å². The molecular formula is C31H37FN4O3. The van der Waals surface area contributed by atoms with Gasteiger partial charge in [0.15, 0.2) is 0 Å². The van der Waals surface area contributed by atoms with Crippen LogP contribution in [0.15, 0.2) is 36.4 Å². The smallest absolute Gasteiger partial charge is 0.238 e. The van der Waals surface area contributed by atoms with Crippen LogP contribution < -0.4 is 10.6 Å². The van der Waals surface area contributed by atoms with Gasteiger partial charge in [-0.25, -0.2) is 4.39 Å². The number of carbonyl (C=O) groups is 1. The first-order valence-corrected chi connectivity index (χ1v) is 14.2. The molecule has 7 rings (SSSR count). The molecule has 7 nitrogen and oxygen atoms in total. The number of nitrogens with one attached hydrogen (secondary N) is 2. The quantitative estimate of drug-likeness (QED) is 0.583. The molecule has 1 amide bonds. The minimum Gasteiger partial charge on any atom is -0.378 e. The Balaban J connectivity index is 0.000000179. The van der Waals surface area contributed by atoms with E-state index in [2.05, 4.69) is 33.7 Å². The van der Waals surface area contributed by atoms with Crippen LogP contribution in [0.5, 0.6) is 0 Å². The second-order valence-corrected chi connectivity index (χ2v) is 11.6. The van der Waals surface area contributed by atoms with Crippen LogP contribution in [0.3, 0.4) is 0 Å². The van der Waals surface area contributed by atoms with E-state index in [-0.39, 0.29) is 29.9 Å². The predicted molar refractivity (Wildman–Crippen MR) is 145 cm³/mol. The van der Waals surface area contributed by atoms with E-state index >= 15 is 0 Å². The van der Waals surface area contributed by atoms with Crippen LogP contribution in [-0.4, -0.2) is 61.8 Å². The minimum atomic E-state index is -0.171. The van der Waals surface area contributed by atoms with Gasteiger partial charge in [-0.2, -0.15) is 5.26 Å². The summed E-state index contributed by atoms with van der Waals surface area (Å²) in [6.07, 6.45) is 5.52. The zero-order valence-corrected chi connectivity index (χ0v) is 22.5. The molecule has 3 unspecified atom stereocenters. The Morgan fingerprint density at radius 3 is 2.59 bits per heavy atom. The summed E-state index contributed by atoms with van der Waals surface area (Å²) >= 11 is 0. The summed E-state index contributed by atoms with van der Waals surface area (Å²) in [5, 5.41) is 14.2. The Bertz CT molecular complexity index is 1260. The van der Waals surface area contributed by atoms with Crippen molar-refractivity contribution in [3.8, 4) is 17.2 Å². The minimum absolute atomic E-state index is 0.00579.